The Morgan fingerprint density at radius 2 is 1.35 bits per heavy atom. The quantitative estimate of drug-likeness (QED) is 0.175. The van der Waals surface area contributed by atoms with Gasteiger partial charge in [0.1, 0.15) is 34.4 Å². The molecule has 4 nitrogen and oxygen atoms in total. The van der Waals surface area contributed by atoms with Gasteiger partial charge in [0, 0.05) is 67.5 Å². The zero-order valence-electron chi connectivity index (χ0n) is 32.8. The van der Waals surface area contributed by atoms with Crippen molar-refractivity contribution in [3.05, 3.63) is 210 Å². The second-order valence-electron chi connectivity index (χ2n) is 16.5. The summed E-state index contributed by atoms with van der Waals surface area (Å²) in [6.07, 6.45) is 19.1. The molecule has 0 spiro atoms. The van der Waals surface area contributed by atoms with Crippen LogP contribution in [0.4, 0.5) is 5.69 Å². The molecule has 13 rings (SSSR count). The van der Waals surface area contributed by atoms with Gasteiger partial charge in [-0.3, -0.25) is 0 Å². The number of para-hydroxylation sites is 3. The molecule has 0 saturated carbocycles. The van der Waals surface area contributed by atoms with Gasteiger partial charge in [-0.2, -0.15) is 0 Å². The number of allylic oxidation sites excluding steroid dienone is 5. The van der Waals surface area contributed by atoms with Crippen LogP contribution in [0.1, 0.15) is 35.6 Å². The van der Waals surface area contributed by atoms with Crippen molar-refractivity contribution in [2.45, 2.75) is 37.3 Å². The van der Waals surface area contributed by atoms with Crippen LogP contribution in [-0.4, -0.2) is 12.1 Å². The monoisotopic (exact) mass is 773 g/mol. The van der Waals surface area contributed by atoms with Crippen LogP contribution in [0.5, 0.6) is 5.75 Å². The first-order valence-corrected chi connectivity index (χ1v) is 21.1. The summed E-state index contributed by atoms with van der Waals surface area (Å²) in [6, 6.07) is 49.9. The Labute approximate surface area is 347 Å². The van der Waals surface area contributed by atoms with E-state index in [1.165, 1.54) is 44.1 Å². The van der Waals surface area contributed by atoms with Crippen molar-refractivity contribution < 1.29 is 13.6 Å². The van der Waals surface area contributed by atoms with Gasteiger partial charge in [-0.05, 0) is 76.6 Å². The van der Waals surface area contributed by atoms with E-state index in [0.717, 1.165) is 85.9 Å². The number of aryl methyl sites for hydroxylation is 1. The van der Waals surface area contributed by atoms with Gasteiger partial charge < -0.3 is 18.5 Å². The third-order valence-corrected chi connectivity index (χ3v) is 13.2. The average molecular weight is 774 g/mol. The van der Waals surface area contributed by atoms with Gasteiger partial charge in [0.2, 0.25) is 0 Å². The van der Waals surface area contributed by atoms with Gasteiger partial charge in [-0.15, -0.1) is 0 Å². The van der Waals surface area contributed by atoms with E-state index in [4.69, 9.17) is 13.6 Å². The molecule has 4 aliphatic rings. The molecule has 0 N–H and O–H groups in total. The summed E-state index contributed by atoms with van der Waals surface area (Å²) in [5.74, 6) is 2.29. The molecule has 0 fully saturated rings. The van der Waals surface area contributed by atoms with E-state index >= 15 is 0 Å². The molecule has 2 aromatic heterocycles. The molecule has 60 heavy (non-hydrogen) atoms. The maximum atomic E-state index is 6.86. The van der Waals surface area contributed by atoms with Crippen LogP contribution < -0.4 is 9.64 Å². The van der Waals surface area contributed by atoms with E-state index in [1.807, 2.05) is 0 Å². The molecule has 3 aliphatic carbocycles. The summed E-state index contributed by atoms with van der Waals surface area (Å²) in [5, 5.41) is 8.13. The summed E-state index contributed by atoms with van der Waals surface area (Å²) >= 11 is 0. The number of nitrogens with zero attached hydrogens (tertiary/aromatic N) is 1. The normalized spacial score (nSPS) is 19.3. The smallest absolute Gasteiger partial charge is 0.143 e. The lowest BCUT2D eigenvalue weighted by molar-refractivity contribution is 0.268. The minimum absolute atomic E-state index is 0.00779. The number of fused-ring (bicyclic) bond motifs is 12. The summed E-state index contributed by atoms with van der Waals surface area (Å²) in [7, 11) is 0. The Balaban J connectivity index is 0.955. The predicted molar refractivity (Wildman–Crippen MR) is 246 cm³/mol. The number of rotatable bonds is 5. The highest BCUT2D eigenvalue weighted by atomic mass is 16.5. The van der Waals surface area contributed by atoms with E-state index in [1.54, 1.807) is 0 Å². The molecule has 1 aliphatic heterocycles. The van der Waals surface area contributed by atoms with Crippen LogP contribution in [0.3, 0.4) is 0 Å². The largest absolute Gasteiger partial charge is 0.485 e. The zero-order chi connectivity index (χ0) is 39.3. The molecular weight excluding hydrogens is 735 g/mol. The van der Waals surface area contributed by atoms with Crippen molar-refractivity contribution in [3.63, 3.8) is 0 Å². The number of benzene rings is 7. The number of anilines is 1. The van der Waals surface area contributed by atoms with E-state index in [0.29, 0.717) is 0 Å². The zero-order valence-corrected chi connectivity index (χ0v) is 32.8. The molecule has 3 atom stereocenters. The molecule has 3 unspecified atom stereocenters. The van der Waals surface area contributed by atoms with E-state index in [-0.39, 0.29) is 18.1 Å². The Morgan fingerprint density at radius 1 is 0.567 bits per heavy atom. The number of ether oxygens (including phenoxy) is 1. The molecule has 7 aromatic carbocycles. The molecule has 9 aromatic rings. The van der Waals surface area contributed by atoms with E-state index in [9.17, 15) is 0 Å². The number of hydrogen-bond donors (Lipinski definition) is 0. The van der Waals surface area contributed by atoms with E-state index < -0.39 is 0 Å². The van der Waals surface area contributed by atoms with Crippen LogP contribution in [0, 0.1) is 0 Å². The molecule has 0 amide bonds. The SMILES string of the molecule is C1=CC2c3ccccc3OC2C=C1C1=CCC(N(C2=CCCc3oc4c(ccc5ccccc54)c32)c2ccccc2-c2cccc3c2oc2cc4ccccc4cc23)C=C1. The molecule has 3 heterocycles. The number of furan rings is 2. The van der Waals surface area contributed by atoms with Crippen molar-refractivity contribution >= 4 is 65.8 Å². The van der Waals surface area contributed by atoms with Crippen molar-refractivity contribution in [1.82, 2.24) is 0 Å². The average Bonchev–Trinajstić information content (AvgIpc) is 4.00. The lowest BCUT2D eigenvalue weighted by Crippen LogP contribution is -2.34. The topological polar surface area (TPSA) is 38.8 Å². The van der Waals surface area contributed by atoms with Gasteiger partial charge in [-0.25, -0.2) is 0 Å². The first-order chi connectivity index (χ1) is 29.7. The van der Waals surface area contributed by atoms with Crippen molar-refractivity contribution in [3.8, 4) is 16.9 Å². The van der Waals surface area contributed by atoms with Gasteiger partial charge in [0.25, 0.3) is 0 Å². The van der Waals surface area contributed by atoms with Crippen LogP contribution in [0.25, 0.3) is 71.3 Å². The molecule has 0 radical (unpaired) electrons. The van der Waals surface area contributed by atoms with Crippen LogP contribution in [0.15, 0.2) is 202 Å². The molecule has 4 heteroatoms. The fourth-order valence-corrected chi connectivity index (χ4v) is 10.3. The van der Waals surface area contributed by atoms with Gasteiger partial charge in [-0.1, -0.05) is 146 Å². The number of hydrogen-bond acceptors (Lipinski definition) is 4. The Morgan fingerprint density at radius 3 is 2.27 bits per heavy atom. The van der Waals surface area contributed by atoms with Crippen molar-refractivity contribution in [1.29, 1.82) is 0 Å². The first kappa shape index (κ1) is 33.6. The standard InChI is InChI=1S/C56H39NO3/c1-2-13-37-32-53-47(31-36(37)12-1)45-18-9-17-44(56(45)60-53)41-15-5-7-19-48(41)57(49-20-10-22-51-54(49)46-30-25-35-11-3-4-14-40(35)55(46)59-51)39-27-23-34(24-28-39)38-26-29-43-42-16-6-8-21-50(42)58-52(43)33-38/h1-9,11-21,23-27,29-33,39,43,52H,10,22,28H2. The summed E-state index contributed by atoms with van der Waals surface area (Å²) in [4.78, 5) is 2.58. The van der Waals surface area contributed by atoms with Gasteiger partial charge in [0.15, 0.2) is 0 Å². The third kappa shape index (κ3) is 5.10. The lowest BCUT2D eigenvalue weighted by Gasteiger charge is -2.37. The lowest BCUT2D eigenvalue weighted by atomic mass is 9.85. The second kappa shape index (κ2) is 13.1. The maximum Gasteiger partial charge on any atom is 0.143 e. The third-order valence-electron chi connectivity index (χ3n) is 13.2. The highest BCUT2D eigenvalue weighted by molar-refractivity contribution is 6.14. The summed E-state index contributed by atoms with van der Waals surface area (Å²) in [6.45, 7) is 0. The fourth-order valence-electron chi connectivity index (χ4n) is 10.3. The van der Waals surface area contributed by atoms with Crippen molar-refractivity contribution in [2.24, 2.45) is 0 Å². The highest BCUT2D eigenvalue weighted by Gasteiger charge is 2.35. The van der Waals surface area contributed by atoms with Crippen LogP contribution in [-0.2, 0) is 6.42 Å². The highest BCUT2D eigenvalue weighted by Crippen LogP contribution is 2.48. The van der Waals surface area contributed by atoms with Crippen LogP contribution in [0.2, 0.25) is 0 Å². The summed E-state index contributed by atoms with van der Waals surface area (Å²) in [5.41, 5.74) is 12.2. The minimum atomic E-state index is 0.00779. The van der Waals surface area contributed by atoms with Crippen molar-refractivity contribution in [2.75, 3.05) is 4.90 Å². The first-order valence-electron chi connectivity index (χ1n) is 21.1. The van der Waals surface area contributed by atoms with E-state index in [2.05, 4.69) is 187 Å². The van der Waals surface area contributed by atoms with Gasteiger partial charge >= 0.3 is 0 Å². The Hall–Kier alpha value is -7.30. The van der Waals surface area contributed by atoms with Gasteiger partial charge in [0.05, 0.1) is 6.04 Å². The second-order valence-corrected chi connectivity index (χ2v) is 16.5. The predicted octanol–water partition coefficient (Wildman–Crippen LogP) is 14.4. The Kier molecular flexibility index (Phi) is 7.35. The molecule has 286 valence electrons. The van der Waals surface area contributed by atoms with Crippen LogP contribution >= 0.6 is 0 Å². The molecular formula is C56H39NO3. The minimum Gasteiger partial charge on any atom is -0.485 e. The summed E-state index contributed by atoms with van der Waals surface area (Å²) < 4.78 is 20.1. The molecule has 0 saturated heterocycles. The maximum absolute atomic E-state index is 6.86. The Bertz CT molecular complexity index is 3420. The fraction of sp³-hybridized carbons (Fsp3) is 0.107. The molecule has 0 bridgehead atoms.